The van der Waals surface area contributed by atoms with Gasteiger partial charge in [-0.05, 0) is 54.6 Å². The molecule has 0 spiro atoms. The van der Waals surface area contributed by atoms with Crippen molar-refractivity contribution in [3.8, 4) is 0 Å². The van der Waals surface area contributed by atoms with Gasteiger partial charge in [-0.2, -0.15) is 0 Å². The van der Waals surface area contributed by atoms with Gasteiger partial charge in [0, 0.05) is 10.7 Å². The highest BCUT2D eigenvalue weighted by atomic mass is 35.5. The molecule has 0 atom stereocenters. The minimum Gasteiger partial charge on any atom is -0.280 e. The summed E-state index contributed by atoms with van der Waals surface area (Å²) in [6.45, 7) is 0. The summed E-state index contributed by atoms with van der Waals surface area (Å²) < 4.78 is 54.9. The highest BCUT2D eigenvalue weighted by Crippen LogP contribution is 2.31. The molecule has 3 aromatic rings. The highest BCUT2D eigenvalue weighted by molar-refractivity contribution is 7.93. The Bertz CT molecular complexity index is 1310. The van der Waals surface area contributed by atoms with Crippen molar-refractivity contribution >= 4 is 77.8 Å². The van der Waals surface area contributed by atoms with E-state index >= 15 is 0 Å². The van der Waals surface area contributed by atoms with Crippen LogP contribution in [0.5, 0.6) is 0 Å². The van der Waals surface area contributed by atoms with Crippen LogP contribution < -0.4 is 9.44 Å². The molecule has 0 fully saturated rings. The van der Waals surface area contributed by atoms with Gasteiger partial charge >= 0.3 is 0 Å². The number of hydrogen-bond donors (Lipinski definition) is 2. The van der Waals surface area contributed by atoms with Crippen molar-refractivity contribution in [3.05, 3.63) is 80.8 Å². The van der Waals surface area contributed by atoms with E-state index in [4.69, 9.17) is 46.4 Å². The first-order chi connectivity index (χ1) is 14.0. The van der Waals surface area contributed by atoms with Crippen LogP contribution in [0.2, 0.25) is 20.1 Å². The van der Waals surface area contributed by atoms with E-state index < -0.39 is 20.0 Å². The maximum absolute atomic E-state index is 12.6. The zero-order valence-electron chi connectivity index (χ0n) is 14.7. The van der Waals surface area contributed by atoms with Crippen LogP contribution in [0.1, 0.15) is 0 Å². The molecule has 3 rings (SSSR count). The monoisotopic (exact) mass is 524 g/mol. The van der Waals surface area contributed by atoms with Gasteiger partial charge < -0.3 is 0 Å². The molecule has 2 N–H and O–H groups in total. The van der Waals surface area contributed by atoms with E-state index in [2.05, 4.69) is 9.44 Å². The number of rotatable bonds is 6. The Balaban J connectivity index is 1.84. The fourth-order valence-electron chi connectivity index (χ4n) is 2.38. The van der Waals surface area contributed by atoms with E-state index in [-0.39, 0.29) is 41.3 Å². The predicted molar refractivity (Wildman–Crippen MR) is 121 cm³/mol. The standard InChI is InChI=1S/C18H12Cl4N2O4S2/c19-11-4-9-14(20)17(10-11)30(27,28)23-12-5-7-13(8-6-12)29(25,26)24-16-3-1-2-15(21)18(16)22/h1-10,23-24H. The zero-order valence-corrected chi connectivity index (χ0v) is 19.4. The van der Waals surface area contributed by atoms with Crippen LogP contribution >= 0.6 is 46.4 Å². The average Bonchev–Trinajstić information content (AvgIpc) is 2.67. The fraction of sp³-hybridized carbons (Fsp3) is 0. The third kappa shape index (κ3) is 5.14. The fourth-order valence-corrected chi connectivity index (χ4v) is 5.68. The Morgan fingerprint density at radius 1 is 0.667 bits per heavy atom. The zero-order chi connectivity index (χ0) is 22.1. The van der Waals surface area contributed by atoms with Crippen LogP contribution in [0.3, 0.4) is 0 Å². The minimum atomic E-state index is -4.04. The first-order valence-electron chi connectivity index (χ1n) is 8.04. The average molecular weight is 526 g/mol. The molecule has 0 radical (unpaired) electrons. The minimum absolute atomic E-state index is 0.00583. The summed E-state index contributed by atoms with van der Waals surface area (Å²) in [6.07, 6.45) is 0. The number of anilines is 2. The lowest BCUT2D eigenvalue weighted by Crippen LogP contribution is -2.15. The molecule has 158 valence electrons. The SMILES string of the molecule is O=S(=O)(Nc1cccc(Cl)c1Cl)c1ccc(NS(=O)(=O)c2cc(Cl)ccc2Cl)cc1. The second-order valence-corrected chi connectivity index (χ2v) is 10.9. The van der Waals surface area contributed by atoms with E-state index in [1.54, 1.807) is 6.07 Å². The number of hydrogen-bond acceptors (Lipinski definition) is 4. The van der Waals surface area contributed by atoms with Gasteiger partial charge in [0.05, 0.1) is 25.7 Å². The second-order valence-electron chi connectivity index (χ2n) is 5.91. The molecular weight excluding hydrogens is 514 g/mol. The molecule has 30 heavy (non-hydrogen) atoms. The first-order valence-corrected chi connectivity index (χ1v) is 12.5. The first kappa shape index (κ1) is 23.0. The molecule has 0 heterocycles. The molecule has 0 unspecified atom stereocenters. The third-order valence-electron chi connectivity index (χ3n) is 3.80. The van der Waals surface area contributed by atoms with E-state index in [0.717, 1.165) is 0 Å². The van der Waals surface area contributed by atoms with Crippen molar-refractivity contribution < 1.29 is 16.8 Å². The summed E-state index contributed by atoms with van der Waals surface area (Å²) in [5.41, 5.74) is 0.246. The quantitative estimate of drug-likeness (QED) is 0.419. The Hall–Kier alpha value is -1.68. The molecule has 0 saturated carbocycles. The molecule has 0 aliphatic rings. The molecular formula is C18H12Cl4N2O4S2. The van der Waals surface area contributed by atoms with E-state index in [1.807, 2.05) is 0 Å². The van der Waals surface area contributed by atoms with Crippen molar-refractivity contribution in [1.29, 1.82) is 0 Å². The summed E-state index contributed by atoms with van der Waals surface area (Å²) in [4.78, 5) is -0.312. The van der Waals surface area contributed by atoms with E-state index in [0.29, 0.717) is 0 Å². The Morgan fingerprint density at radius 3 is 2.00 bits per heavy atom. The summed E-state index contributed by atoms with van der Waals surface area (Å²) in [6, 6.07) is 13.6. The van der Waals surface area contributed by atoms with Gasteiger partial charge in [-0.15, -0.1) is 0 Å². The summed E-state index contributed by atoms with van der Waals surface area (Å²) >= 11 is 23.7. The second kappa shape index (κ2) is 8.82. The molecule has 0 bridgehead atoms. The van der Waals surface area contributed by atoms with Gasteiger partial charge in [0.15, 0.2) is 0 Å². The van der Waals surface area contributed by atoms with Crippen LogP contribution in [-0.4, -0.2) is 16.8 Å². The number of sulfonamides is 2. The number of halogens is 4. The van der Waals surface area contributed by atoms with Crippen molar-refractivity contribution in [3.63, 3.8) is 0 Å². The summed E-state index contributed by atoms with van der Waals surface area (Å²) in [5, 5.41) is 0.451. The third-order valence-corrected chi connectivity index (χ3v) is 8.09. The van der Waals surface area contributed by atoms with Crippen LogP contribution in [0.4, 0.5) is 11.4 Å². The molecule has 0 aliphatic carbocycles. The molecule has 0 saturated heterocycles. The lowest BCUT2D eigenvalue weighted by atomic mass is 10.3. The number of benzene rings is 3. The summed E-state index contributed by atoms with van der Waals surface area (Å²) in [7, 11) is -8.02. The molecule has 3 aromatic carbocycles. The maximum atomic E-state index is 12.6. The van der Waals surface area contributed by atoms with Crippen molar-refractivity contribution in [2.45, 2.75) is 9.79 Å². The van der Waals surface area contributed by atoms with Gasteiger partial charge in [-0.1, -0.05) is 52.5 Å². The van der Waals surface area contributed by atoms with E-state index in [1.165, 1.54) is 54.6 Å². The van der Waals surface area contributed by atoms with Crippen LogP contribution in [0.15, 0.2) is 70.5 Å². The molecule has 12 heteroatoms. The Kier molecular flexibility index (Phi) is 6.76. The van der Waals surface area contributed by atoms with Crippen molar-refractivity contribution in [1.82, 2.24) is 0 Å². The lowest BCUT2D eigenvalue weighted by Gasteiger charge is -2.12. The smallest absolute Gasteiger partial charge is 0.263 e. The topological polar surface area (TPSA) is 92.3 Å². The molecule has 0 amide bonds. The highest BCUT2D eigenvalue weighted by Gasteiger charge is 2.20. The predicted octanol–water partition coefficient (Wildman–Crippen LogP) is 5.90. The lowest BCUT2D eigenvalue weighted by molar-refractivity contribution is 0.600. The van der Waals surface area contributed by atoms with E-state index in [9.17, 15) is 16.8 Å². The maximum Gasteiger partial charge on any atom is 0.263 e. The van der Waals surface area contributed by atoms with Gasteiger partial charge in [0.1, 0.15) is 4.90 Å². The van der Waals surface area contributed by atoms with Crippen LogP contribution in [-0.2, 0) is 20.0 Å². The molecule has 0 aliphatic heterocycles. The van der Waals surface area contributed by atoms with Gasteiger partial charge in [0.25, 0.3) is 20.0 Å². The number of nitrogens with one attached hydrogen (secondary N) is 2. The Morgan fingerprint density at radius 2 is 1.33 bits per heavy atom. The molecule has 6 nitrogen and oxygen atoms in total. The van der Waals surface area contributed by atoms with Crippen molar-refractivity contribution in [2.75, 3.05) is 9.44 Å². The van der Waals surface area contributed by atoms with Crippen molar-refractivity contribution in [2.24, 2.45) is 0 Å². The summed E-state index contributed by atoms with van der Waals surface area (Å²) in [5.74, 6) is 0. The van der Waals surface area contributed by atoms with Gasteiger partial charge in [0.2, 0.25) is 0 Å². The van der Waals surface area contributed by atoms with Crippen LogP contribution in [0.25, 0.3) is 0 Å². The van der Waals surface area contributed by atoms with Gasteiger partial charge in [-0.3, -0.25) is 9.44 Å². The Labute approximate surface area is 193 Å². The van der Waals surface area contributed by atoms with Crippen LogP contribution in [0, 0.1) is 0 Å². The molecule has 0 aromatic heterocycles. The normalized spacial score (nSPS) is 11.9. The largest absolute Gasteiger partial charge is 0.280 e. The van der Waals surface area contributed by atoms with Gasteiger partial charge in [-0.25, -0.2) is 16.8 Å².